The van der Waals surface area contributed by atoms with E-state index in [0.717, 1.165) is 5.75 Å². The number of para-hydroxylation sites is 1. The Bertz CT molecular complexity index is 364. The summed E-state index contributed by atoms with van der Waals surface area (Å²) in [7, 11) is 1.74. The highest BCUT2D eigenvalue weighted by atomic mass is 16.5. The van der Waals surface area contributed by atoms with Gasteiger partial charge in [-0.3, -0.25) is 0 Å². The highest BCUT2D eigenvalue weighted by Gasteiger charge is 2.12. The maximum absolute atomic E-state index is 5.43. The predicted octanol–water partition coefficient (Wildman–Crippen LogP) is 5.09. The van der Waals surface area contributed by atoms with E-state index in [1.807, 2.05) is 12.1 Å². The van der Waals surface area contributed by atoms with E-state index in [-0.39, 0.29) is 0 Å². The second-order valence-electron chi connectivity index (χ2n) is 5.73. The molecule has 0 aliphatic heterocycles. The van der Waals surface area contributed by atoms with Crippen LogP contribution in [0, 0.1) is 0 Å². The van der Waals surface area contributed by atoms with Crippen molar-refractivity contribution in [3.63, 3.8) is 0 Å². The van der Waals surface area contributed by atoms with Gasteiger partial charge in [-0.25, -0.2) is 0 Å². The fourth-order valence-electron chi connectivity index (χ4n) is 2.68. The fourth-order valence-corrected chi connectivity index (χ4v) is 2.68. The SMILES string of the molecule is CCCCCCCC(C)N[C@@H](C)c1ccccc1OC. The maximum atomic E-state index is 5.43. The monoisotopic (exact) mass is 277 g/mol. The van der Waals surface area contributed by atoms with Gasteiger partial charge in [0.05, 0.1) is 7.11 Å². The topological polar surface area (TPSA) is 21.3 Å². The Morgan fingerprint density at radius 1 is 1.05 bits per heavy atom. The lowest BCUT2D eigenvalue weighted by Crippen LogP contribution is -2.29. The Morgan fingerprint density at radius 2 is 1.75 bits per heavy atom. The lowest BCUT2D eigenvalue weighted by Gasteiger charge is -2.22. The number of hydrogen-bond acceptors (Lipinski definition) is 2. The molecule has 2 nitrogen and oxygen atoms in total. The van der Waals surface area contributed by atoms with Crippen LogP contribution in [0.1, 0.15) is 70.9 Å². The Labute approximate surface area is 124 Å². The van der Waals surface area contributed by atoms with Gasteiger partial charge in [0.25, 0.3) is 0 Å². The summed E-state index contributed by atoms with van der Waals surface area (Å²) in [5, 5.41) is 3.68. The molecule has 0 amide bonds. The zero-order valence-corrected chi connectivity index (χ0v) is 13.6. The van der Waals surface area contributed by atoms with Gasteiger partial charge in [0, 0.05) is 17.6 Å². The van der Waals surface area contributed by atoms with Crippen LogP contribution in [0.3, 0.4) is 0 Å². The van der Waals surface area contributed by atoms with Crippen molar-refractivity contribution in [3.05, 3.63) is 29.8 Å². The number of rotatable bonds is 10. The molecule has 0 fully saturated rings. The number of unbranched alkanes of at least 4 members (excludes halogenated alkanes) is 4. The van der Waals surface area contributed by atoms with E-state index in [1.54, 1.807) is 7.11 Å². The molecule has 2 atom stereocenters. The van der Waals surface area contributed by atoms with Crippen molar-refractivity contribution in [2.75, 3.05) is 7.11 Å². The molecule has 0 saturated carbocycles. The normalized spacial score (nSPS) is 14.0. The smallest absolute Gasteiger partial charge is 0.123 e. The Morgan fingerprint density at radius 3 is 2.45 bits per heavy atom. The first kappa shape index (κ1) is 17.0. The molecule has 0 radical (unpaired) electrons. The minimum absolute atomic E-state index is 0.330. The maximum Gasteiger partial charge on any atom is 0.123 e. The Kier molecular flexibility index (Phi) is 8.36. The van der Waals surface area contributed by atoms with Crippen molar-refractivity contribution in [2.24, 2.45) is 0 Å². The number of ether oxygens (including phenoxy) is 1. The van der Waals surface area contributed by atoms with E-state index >= 15 is 0 Å². The molecule has 1 aromatic rings. The van der Waals surface area contributed by atoms with Crippen molar-refractivity contribution in [1.29, 1.82) is 0 Å². The first-order chi connectivity index (χ1) is 9.69. The molecule has 0 heterocycles. The fraction of sp³-hybridized carbons (Fsp3) is 0.667. The standard InChI is InChI=1S/C18H31NO/c1-5-6-7-8-9-12-15(2)19-16(3)17-13-10-11-14-18(17)20-4/h10-11,13-16,19H,5-9,12H2,1-4H3/t15?,16-/m0/s1. The molecule has 0 spiro atoms. The van der Waals surface area contributed by atoms with Gasteiger partial charge < -0.3 is 10.1 Å². The Balaban J connectivity index is 2.35. The van der Waals surface area contributed by atoms with Gasteiger partial charge in [0.15, 0.2) is 0 Å². The number of benzene rings is 1. The average molecular weight is 277 g/mol. The molecule has 1 aromatic carbocycles. The highest BCUT2D eigenvalue weighted by molar-refractivity contribution is 5.35. The number of nitrogens with one attached hydrogen (secondary N) is 1. The summed E-state index contributed by atoms with van der Waals surface area (Å²) in [6.07, 6.45) is 8.02. The second-order valence-corrected chi connectivity index (χ2v) is 5.73. The number of hydrogen-bond donors (Lipinski definition) is 1. The van der Waals surface area contributed by atoms with Crippen LogP contribution >= 0.6 is 0 Å². The predicted molar refractivity (Wildman–Crippen MR) is 87.4 cm³/mol. The molecule has 2 heteroatoms. The van der Waals surface area contributed by atoms with Crippen LogP contribution in [-0.4, -0.2) is 13.2 Å². The molecule has 114 valence electrons. The van der Waals surface area contributed by atoms with Gasteiger partial charge in [-0.05, 0) is 26.3 Å². The average Bonchev–Trinajstić information content (AvgIpc) is 2.46. The summed E-state index contributed by atoms with van der Waals surface area (Å²) >= 11 is 0. The highest BCUT2D eigenvalue weighted by Crippen LogP contribution is 2.25. The van der Waals surface area contributed by atoms with Crippen LogP contribution in [0.4, 0.5) is 0 Å². The molecule has 1 rings (SSSR count). The van der Waals surface area contributed by atoms with Crippen molar-refractivity contribution in [3.8, 4) is 5.75 Å². The molecule has 0 aliphatic rings. The summed E-state index contributed by atoms with van der Waals surface area (Å²) in [5.41, 5.74) is 1.24. The molecule has 20 heavy (non-hydrogen) atoms. The first-order valence-electron chi connectivity index (χ1n) is 8.08. The first-order valence-corrected chi connectivity index (χ1v) is 8.08. The third-order valence-corrected chi connectivity index (χ3v) is 3.88. The van der Waals surface area contributed by atoms with Crippen LogP contribution in [0.25, 0.3) is 0 Å². The van der Waals surface area contributed by atoms with Gasteiger partial charge >= 0.3 is 0 Å². The second kappa shape index (κ2) is 9.82. The third-order valence-electron chi connectivity index (χ3n) is 3.88. The minimum atomic E-state index is 0.330. The summed E-state index contributed by atoms with van der Waals surface area (Å²) in [6.45, 7) is 6.76. The quantitative estimate of drug-likeness (QED) is 0.601. The molecule has 0 saturated heterocycles. The molecular weight excluding hydrogens is 246 g/mol. The molecule has 0 aromatic heterocycles. The lowest BCUT2D eigenvalue weighted by molar-refractivity contribution is 0.389. The van der Waals surface area contributed by atoms with Crippen molar-refractivity contribution < 1.29 is 4.74 Å². The van der Waals surface area contributed by atoms with Crippen molar-refractivity contribution in [1.82, 2.24) is 5.32 Å². The lowest BCUT2D eigenvalue weighted by atomic mass is 10.0. The summed E-state index contributed by atoms with van der Waals surface area (Å²) in [6, 6.07) is 9.15. The molecule has 1 unspecified atom stereocenters. The Hall–Kier alpha value is -1.02. The molecule has 0 bridgehead atoms. The third kappa shape index (κ3) is 5.96. The minimum Gasteiger partial charge on any atom is -0.496 e. The van der Waals surface area contributed by atoms with Gasteiger partial charge in [-0.1, -0.05) is 57.2 Å². The largest absolute Gasteiger partial charge is 0.496 e. The van der Waals surface area contributed by atoms with Gasteiger partial charge in [-0.2, -0.15) is 0 Å². The van der Waals surface area contributed by atoms with E-state index in [4.69, 9.17) is 4.74 Å². The van der Waals surface area contributed by atoms with E-state index < -0.39 is 0 Å². The summed E-state index contributed by atoms with van der Waals surface area (Å²) < 4.78 is 5.43. The van der Waals surface area contributed by atoms with Crippen LogP contribution in [0.15, 0.2) is 24.3 Å². The summed E-state index contributed by atoms with van der Waals surface area (Å²) in [4.78, 5) is 0. The molecule has 1 N–H and O–H groups in total. The molecule has 0 aliphatic carbocycles. The van der Waals surface area contributed by atoms with Gasteiger partial charge in [-0.15, -0.1) is 0 Å². The van der Waals surface area contributed by atoms with Crippen LogP contribution in [0.5, 0.6) is 5.75 Å². The van der Waals surface area contributed by atoms with E-state index in [1.165, 1.54) is 44.1 Å². The zero-order valence-electron chi connectivity index (χ0n) is 13.6. The van der Waals surface area contributed by atoms with Crippen LogP contribution in [0.2, 0.25) is 0 Å². The van der Waals surface area contributed by atoms with E-state index in [2.05, 4.69) is 38.2 Å². The summed E-state index contributed by atoms with van der Waals surface area (Å²) in [5.74, 6) is 0.975. The van der Waals surface area contributed by atoms with E-state index in [0.29, 0.717) is 12.1 Å². The van der Waals surface area contributed by atoms with E-state index in [9.17, 15) is 0 Å². The van der Waals surface area contributed by atoms with Crippen LogP contribution in [-0.2, 0) is 0 Å². The zero-order chi connectivity index (χ0) is 14.8. The van der Waals surface area contributed by atoms with Crippen molar-refractivity contribution >= 4 is 0 Å². The van der Waals surface area contributed by atoms with Crippen molar-refractivity contribution in [2.45, 2.75) is 71.4 Å². The molecular formula is C18H31NO. The van der Waals surface area contributed by atoms with Gasteiger partial charge in [0.2, 0.25) is 0 Å². The van der Waals surface area contributed by atoms with Crippen LogP contribution < -0.4 is 10.1 Å². The number of methoxy groups -OCH3 is 1. The van der Waals surface area contributed by atoms with Gasteiger partial charge in [0.1, 0.15) is 5.75 Å².